The molecule has 1 aliphatic rings. The lowest BCUT2D eigenvalue weighted by Gasteiger charge is -2.36. The monoisotopic (exact) mass is 382 g/mol. The maximum atomic E-state index is 12.7. The van der Waals surface area contributed by atoms with Crippen molar-refractivity contribution < 1.29 is 14.5 Å². The molecule has 0 saturated carbocycles. The number of carbonyl (C=O) groups is 2. The third-order valence-electron chi connectivity index (χ3n) is 4.76. The molecule has 0 radical (unpaired) electrons. The van der Waals surface area contributed by atoms with Crippen LogP contribution >= 0.6 is 0 Å². The van der Waals surface area contributed by atoms with Crippen molar-refractivity contribution in [3.05, 3.63) is 70.3 Å². The van der Waals surface area contributed by atoms with Gasteiger partial charge in [0.05, 0.1) is 4.92 Å². The summed E-state index contributed by atoms with van der Waals surface area (Å²) in [4.78, 5) is 39.3. The third-order valence-corrected chi connectivity index (χ3v) is 4.76. The molecule has 1 atom stereocenters. The van der Waals surface area contributed by atoms with E-state index < -0.39 is 11.0 Å². The number of nitrogens with one attached hydrogen (secondary N) is 1. The van der Waals surface area contributed by atoms with Crippen LogP contribution in [0.25, 0.3) is 0 Å². The summed E-state index contributed by atoms with van der Waals surface area (Å²) < 4.78 is 0. The van der Waals surface area contributed by atoms with Crippen molar-refractivity contribution in [2.75, 3.05) is 31.1 Å². The zero-order valence-corrected chi connectivity index (χ0v) is 15.6. The number of piperazine rings is 1. The second-order valence-corrected chi connectivity index (χ2v) is 6.62. The van der Waals surface area contributed by atoms with Crippen molar-refractivity contribution in [2.45, 2.75) is 13.0 Å². The Hall–Kier alpha value is -3.42. The molecule has 1 fully saturated rings. The number of carbonyl (C=O) groups excluding carboxylic acids is 2. The van der Waals surface area contributed by atoms with Crippen LogP contribution in [0.2, 0.25) is 0 Å². The number of para-hydroxylation sites is 2. The number of nitrogens with zero attached hydrogens (tertiary/aromatic N) is 3. The predicted octanol–water partition coefficient (Wildman–Crippen LogP) is 2.06. The second-order valence-electron chi connectivity index (χ2n) is 6.62. The molecule has 0 bridgehead atoms. The minimum absolute atomic E-state index is 0.0609. The molecule has 2 amide bonds. The van der Waals surface area contributed by atoms with Gasteiger partial charge in [-0.05, 0) is 25.1 Å². The van der Waals surface area contributed by atoms with Crippen LogP contribution in [0.1, 0.15) is 17.3 Å². The first-order chi connectivity index (χ1) is 13.5. The smallest absolute Gasteiger partial charge is 0.292 e. The van der Waals surface area contributed by atoms with Crippen molar-refractivity contribution in [2.24, 2.45) is 0 Å². The number of hydrogen-bond donors (Lipinski definition) is 1. The molecule has 0 aromatic heterocycles. The molecule has 1 saturated heterocycles. The van der Waals surface area contributed by atoms with Gasteiger partial charge in [-0.3, -0.25) is 19.7 Å². The summed E-state index contributed by atoms with van der Waals surface area (Å²) in [6, 6.07) is 14.7. The fourth-order valence-corrected chi connectivity index (χ4v) is 3.26. The molecule has 28 heavy (non-hydrogen) atoms. The number of rotatable bonds is 5. The predicted molar refractivity (Wildman–Crippen MR) is 105 cm³/mol. The van der Waals surface area contributed by atoms with Gasteiger partial charge in [0.1, 0.15) is 11.7 Å². The molecule has 1 N–H and O–H groups in total. The molecular weight excluding hydrogens is 360 g/mol. The highest BCUT2D eigenvalue weighted by molar-refractivity contribution is 5.97. The van der Waals surface area contributed by atoms with E-state index in [4.69, 9.17) is 0 Å². The van der Waals surface area contributed by atoms with Gasteiger partial charge in [0.2, 0.25) is 5.91 Å². The summed E-state index contributed by atoms with van der Waals surface area (Å²) in [5, 5.41) is 13.9. The first-order valence-electron chi connectivity index (χ1n) is 9.10. The lowest BCUT2D eigenvalue weighted by Crippen LogP contribution is -2.54. The zero-order valence-electron chi connectivity index (χ0n) is 15.6. The Morgan fingerprint density at radius 2 is 1.61 bits per heavy atom. The summed E-state index contributed by atoms with van der Waals surface area (Å²) in [6.45, 7) is 3.54. The molecule has 1 unspecified atom stereocenters. The average molecular weight is 382 g/mol. The highest BCUT2D eigenvalue weighted by Crippen LogP contribution is 2.28. The highest BCUT2D eigenvalue weighted by atomic mass is 16.6. The van der Waals surface area contributed by atoms with Crippen molar-refractivity contribution in [3.8, 4) is 0 Å². The van der Waals surface area contributed by atoms with Crippen molar-refractivity contribution in [3.63, 3.8) is 0 Å². The molecule has 2 aromatic rings. The summed E-state index contributed by atoms with van der Waals surface area (Å²) in [5.74, 6) is -0.452. The van der Waals surface area contributed by atoms with E-state index in [1.165, 1.54) is 6.07 Å². The van der Waals surface area contributed by atoms with E-state index in [2.05, 4.69) is 5.32 Å². The van der Waals surface area contributed by atoms with E-state index in [1.807, 2.05) is 11.0 Å². The van der Waals surface area contributed by atoms with E-state index >= 15 is 0 Å². The van der Waals surface area contributed by atoms with Crippen LogP contribution in [-0.2, 0) is 4.79 Å². The Bertz CT molecular complexity index is 864. The van der Waals surface area contributed by atoms with Crippen molar-refractivity contribution in [1.82, 2.24) is 10.2 Å². The number of nitro groups is 1. The average Bonchev–Trinajstić information content (AvgIpc) is 2.73. The Kier molecular flexibility index (Phi) is 5.88. The van der Waals surface area contributed by atoms with Gasteiger partial charge in [-0.2, -0.15) is 0 Å². The molecule has 2 aromatic carbocycles. The topological polar surface area (TPSA) is 95.8 Å². The molecule has 146 valence electrons. The first kappa shape index (κ1) is 19.3. The molecule has 8 heteroatoms. The van der Waals surface area contributed by atoms with Crippen molar-refractivity contribution in [1.29, 1.82) is 0 Å². The maximum Gasteiger partial charge on any atom is 0.292 e. The summed E-state index contributed by atoms with van der Waals surface area (Å²) in [5.41, 5.74) is 1.12. The van der Waals surface area contributed by atoms with E-state index in [1.54, 1.807) is 54.3 Å². The quantitative estimate of drug-likeness (QED) is 0.631. The van der Waals surface area contributed by atoms with E-state index in [0.29, 0.717) is 37.4 Å². The van der Waals surface area contributed by atoms with Crippen LogP contribution in [0.3, 0.4) is 0 Å². The molecule has 1 aliphatic heterocycles. The Morgan fingerprint density at radius 3 is 2.25 bits per heavy atom. The van der Waals surface area contributed by atoms with E-state index in [0.717, 1.165) is 0 Å². The minimum atomic E-state index is -0.648. The van der Waals surface area contributed by atoms with Gasteiger partial charge in [0, 0.05) is 37.8 Å². The van der Waals surface area contributed by atoms with Crippen LogP contribution in [0, 0.1) is 10.1 Å². The third kappa shape index (κ3) is 4.28. The number of anilines is 1. The van der Waals surface area contributed by atoms with Crippen LogP contribution in [0.15, 0.2) is 54.6 Å². The number of amides is 2. The number of benzene rings is 2. The molecule has 3 rings (SSSR count). The molecule has 1 heterocycles. The van der Waals surface area contributed by atoms with Crippen LogP contribution in [0.5, 0.6) is 0 Å². The lowest BCUT2D eigenvalue weighted by atomic mass is 10.1. The van der Waals surface area contributed by atoms with Gasteiger partial charge in [-0.15, -0.1) is 0 Å². The molecular formula is C20H22N4O4. The van der Waals surface area contributed by atoms with Crippen LogP contribution < -0.4 is 10.2 Å². The number of nitro benzene ring substituents is 1. The number of hydrogen-bond acceptors (Lipinski definition) is 5. The Balaban J connectivity index is 1.58. The van der Waals surface area contributed by atoms with Gasteiger partial charge in [-0.1, -0.05) is 30.3 Å². The SMILES string of the molecule is CC(NC(=O)c1ccccc1)C(=O)N1CCN(c2ccccc2[N+](=O)[O-])CC1. The van der Waals surface area contributed by atoms with Crippen LogP contribution in [-0.4, -0.2) is 53.9 Å². The van der Waals surface area contributed by atoms with Crippen LogP contribution in [0.4, 0.5) is 11.4 Å². The largest absolute Gasteiger partial charge is 0.362 e. The molecule has 0 aliphatic carbocycles. The fraction of sp³-hybridized carbons (Fsp3) is 0.300. The van der Waals surface area contributed by atoms with Gasteiger partial charge < -0.3 is 15.1 Å². The maximum absolute atomic E-state index is 12.7. The molecule has 8 nitrogen and oxygen atoms in total. The van der Waals surface area contributed by atoms with Gasteiger partial charge in [0.15, 0.2) is 0 Å². The van der Waals surface area contributed by atoms with Crippen molar-refractivity contribution >= 4 is 23.2 Å². The zero-order chi connectivity index (χ0) is 20.1. The van der Waals surface area contributed by atoms with Gasteiger partial charge >= 0.3 is 0 Å². The van der Waals surface area contributed by atoms with Gasteiger partial charge in [0.25, 0.3) is 11.6 Å². The van der Waals surface area contributed by atoms with E-state index in [-0.39, 0.29) is 17.5 Å². The summed E-state index contributed by atoms with van der Waals surface area (Å²) in [6.07, 6.45) is 0. The lowest BCUT2D eigenvalue weighted by molar-refractivity contribution is -0.384. The fourth-order valence-electron chi connectivity index (χ4n) is 3.26. The Labute approximate surface area is 162 Å². The molecule has 0 spiro atoms. The Morgan fingerprint density at radius 1 is 1.00 bits per heavy atom. The summed E-state index contributed by atoms with van der Waals surface area (Å²) in [7, 11) is 0. The minimum Gasteiger partial charge on any atom is -0.362 e. The highest BCUT2D eigenvalue weighted by Gasteiger charge is 2.28. The second kappa shape index (κ2) is 8.51. The standard InChI is InChI=1S/C20H22N4O4/c1-15(21-19(25)16-7-3-2-4-8-16)20(26)23-13-11-22(12-14-23)17-9-5-6-10-18(17)24(27)28/h2-10,15H,11-14H2,1H3,(H,21,25). The van der Waals surface area contributed by atoms with Gasteiger partial charge in [-0.25, -0.2) is 0 Å². The van der Waals surface area contributed by atoms with E-state index in [9.17, 15) is 19.7 Å². The summed E-state index contributed by atoms with van der Waals surface area (Å²) >= 11 is 0. The normalized spacial score (nSPS) is 15.0. The first-order valence-corrected chi connectivity index (χ1v) is 9.10.